The first kappa shape index (κ1) is 16.8. The Hall–Kier alpha value is -2.05. The van der Waals surface area contributed by atoms with Crippen LogP contribution < -0.4 is 0 Å². The van der Waals surface area contributed by atoms with Crippen molar-refractivity contribution in [1.82, 2.24) is 14.5 Å². The zero-order valence-corrected chi connectivity index (χ0v) is 15.1. The van der Waals surface area contributed by atoms with Gasteiger partial charge in [0.05, 0.1) is 23.3 Å². The van der Waals surface area contributed by atoms with Crippen molar-refractivity contribution in [2.75, 3.05) is 12.8 Å². The van der Waals surface area contributed by atoms with Crippen molar-refractivity contribution < 1.29 is 4.79 Å². The third kappa shape index (κ3) is 3.71. The van der Waals surface area contributed by atoms with E-state index in [0.717, 1.165) is 16.2 Å². The molecule has 0 bridgehead atoms. The van der Waals surface area contributed by atoms with Crippen LogP contribution in [0.3, 0.4) is 0 Å². The SMILES string of the molecule is C=CCn1c(SCC(=O)N(C)Cc2cccs2)nc2ccccc21. The molecule has 3 aromatic rings. The van der Waals surface area contributed by atoms with E-state index in [1.807, 2.05) is 54.9 Å². The number of carbonyl (C=O) groups is 1. The van der Waals surface area contributed by atoms with Crippen LogP contribution in [0.25, 0.3) is 11.0 Å². The summed E-state index contributed by atoms with van der Waals surface area (Å²) in [5, 5.41) is 2.88. The summed E-state index contributed by atoms with van der Waals surface area (Å²) < 4.78 is 2.10. The maximum atomic E-state index is 12.4. The van der Waals surface area contributed by atoms with Gasteiger partial charge in [-0.25, -0.2) is 4.98 Å². The van der Waals surface area contributed by atoms with Crippen molar-refractivity contribution in [3.8, 4) is 0 Å². The van der Waals surface area contributed by atoms with E-state index in [0.29, 0.717) is 18.8 Å². The average molecular weight is 358 g/mol. The largest absolute Gasteiger partial charge is 0.340 e. The number of hydrogen-bond acceptors (Lipinski definition) is 4. The summed E-state index contributed by atoms with van der Waals surface area (Å²) in [6.45, 7) is 5.15. The summed E-state index contributed by atoms with van der Waals surface area (Å²) in [6, 6.07) is 12.1. The van der Waals surface area contributed by atoms with Crippen molar-refractivity contribution >= 4 is 40.0 Å². The highest BCUT2D eigenvalue weighted by molar-refractivity contribution is 7.99. The van der Waals surface area contributed by atoms with Crippen LogP contribution in [0.5, 0.6) is 0 Å². The van der Waals surface area contributed by atoms with Crippen LogP contribution in [0.2, 0.25) is 0 Å². The molecular weight excluding hydrogens is 338 g/mol. The lowest BCUT2D eigenvalue weighted by Gasteiger charge is -2.16. The molecule has 2 aromatic heterocycles. The van der Waals surface area contributed by atoms with Gasteiger partial charge in [0.25, 0.3) is 0 Å². The minimum Gasteiger partial charge on any atom is -0.340 e. The number of hydrogen-bond donors (Lipinski definition) is 0. The molecule has 0 fully saturated rings. The van der Waals surface area contributed by atoms with E-state index in [1.165, 1.54) is 16.6 Å². The number of benzene rings is 1. The number of nitrogens with zero attached hydrogens (tertiary/aromatic N) is 3. The Bertz CT molecular complexity index is 839. The molecule has 0 N–H and O–H groups in total. The smallest absolute Gasteiger partial charge is 0.233 e. The van der Waals surface area contributed by atoms with E-state index in [9.17, 15) is 4.79 Å². The number of carbonyl (C=O) groups excluding carboxylic acids is 1. The van der Waals surface area contributed by atoms with E-state index in [1.54, 1.807) is 16.2 Å². The van der Waals surface area contributed by atoms with Crippen molar-refractivity contribution in [3.05, 3.63) is 59.3 Å². The molecule has 0 unspecified atom stereocenters. The van der Waals surface area contributed by atoms with Gasteiger partial charge in [0.2, 0.25) is 5.91 Å². The average Bonchev–Trinajstić information content (AvgIpc) is 3.21. The minimum atomic E-state index is 0.102. The molecule has 0 aliphatic carbocycles. The number of imidazole rings is 1. The van der Waals surface area contributed by atoms with Crippen LogP contribution in [0.15, 0.2) is 59.6 Å². The first-order valence-electron chi connectivity index (χ1n) is 7.64. The Morgan fingerprint density at radius 2 is 2.21 bits per heavy atom. The number of amides is 1. The first-order chi connectivity index (χ1) is 11.7. The summed E-state index contributed by atoms with van der Waals surface area (Å²) >= 11 is 3.14. The van der Waals surface area contributed by atoms with Crippen molar-refractivity contribution in [3.63, 3.8) is 0 Å². The molecule has 0 radical (unpaired) electrons. The van der Waals surface area contributed by atoms with Crippen LogP contribution in [-0.2, 0) is 17.9 Å². The number of thiophene rings is 1. The summed E-state index contributed by atoms with van der Waals surface area (Å²) in [7, 11) is 1.84. The van der Waals surface area contributed by atoms with Crippen LogP contribution in [0, 0.1) is 0 Å². The van der Waals surface area contributed by atoms with Gasteiger partial charge in [-0.15, -0.1) is 17.9 Å². The highest BCUT2D eigenvalue weighted by atomic mass is 32.2. The maximum Gasteiger partial charge on any atom is 0.233 e. The monoisotopic (exact) mass is 357 g/mol. The number of thioether (sulfide) groups is 1. The second-order valence-electron chi connectivity index (χ2n) is 5.40. The zero-order valence-electron chi connectivity index (χ0n) is 13.5. The Morgan fingerprint density at radius 1 is 1.38 bits per heavy atom. The molecule has 0 spiro atoms. The molecule has 0 aliphatic heterocycles. The molecule has 124 valence electrons. The van der Waals surface area contributed by atoms with Gasteiger partial charge in [0, 0.05) is 18.5 Å². The van der Waals surface area contributed by atoms with Crippen LogP contribution in [-0.4, -0.2) is 33.2 Å². The lowest BCUT2D eigenvalue weighted by Crippen LogP contribution is -2.27. The van der Waals surface area contributed by atoms with E-state index in [-0.39, 0.29) is 5.91 Å². The van der Waals surface area contributed by atoms with Crippen LogP contribution in [0.4, 0.5) is 0 Å². The zero-order chi connectivity index (χ0) is 16.9. The molecule has 0 atom stereocenters. The van der Waals surface area contributed by atoms with E-state index in [2.05, 4.69) is 16.1 Å². The molecule has 0 saturated heterocycles. The molecule has 2 heterocycles. The van der Waals surface area contributed by atoms with Gasteiger partial charge in [-0.1, -0.05) is 36.0 Å². The maximum absolute atomic E-state index is 12.4. The standard InChI is InChI=1S/C18H19N3OS2/c1-3-10-21-16-9-5-4-8-15(16)19-18(21)24-13-17(22)20(2)12-14-7-6-11-23-14/h3-9,11H,1,10,12-13H2,2H3. The fraction of sp³-hybridized carbons (Fsp3) is 0.222. The molecule has 4 nitrogen and oxygen atoms in total. The molecule has 0 saturated carbocycles. The van der Waals surface area contributed by atoms with E-state index >= 15 is 0 Å². The second kappa shape index (κ2) is 7.68. The molecule has 1 amide bonds. The number of allylic oxidation sites excluding steroid dienone is 1. The van der Waals surface area contributed by atoms with Gasteiger partial charge >= 0.3 is 0 Å². The molecule has 3 rings (SSSR count). The highest BCUT2D eigenvalue weighted by Gasteiger charge is 2.14. The highest BCUT2D eigenvalue weighted by Crippen LogP contribution is 2.24. The van der Waals surface area contributed by atoms with Crippen LogP contribution >= 0.6 is 23.1 Å². The van der Waals surface area contributed by atoms with Gasteiger partial charge in [-0.2, -0.15) is 0 Å². The lowest BCUT2D eigenvalue weighted by atomic mass is 10.3. The molecule has 24 heavy (non-hydrogen) atoms. The summed E-state index contributed by atoms with van der Waals surface area (Å²) in [5.41, 5.74) is 2.01. The van der Waals surface area contributed by atoms with Crippen molar-refractivity contribution in [2.24, 2.45) is 0 Å². The Morgan fingerprint density at radius 3 is 2.96 bits per heavy atom. The molecular formula is C18H19N3OS2. The number of aromatic nitrogens is 2. The Balaban J connectivity index is 1.69. The fourth-order valence-electron chi connectivity index (χ4n) is 2.43. The Labute approximate surface area is 149 Å². The van der Waals surface area contributed by atoms with Crippen molar-refractivity contribution in [2.45, 2.75) is 18.2 Å². The normalized spacial score (nSPS) is 10.9. The number of fused-ring (bicyclic) bond motifs is 1. The Kier molecular flexibility index (Phi) is 5.37. The van der Waals surface area contributed by atoms with Gasteiger partial charge in [-0.05, 0) is 23.6 Å². The molecule has 0 aliphatic rings. The summed E-state index contributed by atoms with van der Waals surface area (Å²) in [4.78, 5) is 20.0. The topological polar surface area (TPSA) is 38.1 Å². The number of rotatable bonds is 7. The third-order valence-corrected chi connectivity index (χ3v) is 5.48. The lowest BCUT2D eigenvalue weighted by molar-refractivity contribution is -0.127. The third-order valence-electron chi connectivity index (χ3n) is 3.65. The van der Waals surface area contributed by atoms with Crippen molar-refractivity contribution in [1.29, 1.82) is 0 Å². The van der Waals surface area contributed by atoms with Crippen LogP contribution in [0.1, 0.15) is 4.88 Å². The predicted octanol–water partition coefficient (Wildman–Crippen LogP) is 4.03. The minimum absolute atomic E-state index is 0.102. The fourth-order valence-corrected chi connectivity index (χ4v) is 4.15. The second-order valence-corrected chi connectivity index (χ2v) is 7.37. The molecule has 6 heteroatoms. The summed E-state index contributed by atoms with van der Waals surface area (Å²) in [5.74, 6) is 0.480. The van der Waals surface area contributed by atoms with Gasteiger partial charge in [0.15, 0.2) is 5.16 Å². The van der Waals surface area contributed by atoms with E-state index in [4.69, 9.17) is 0 Å². The quantitative estimate of drug-likeness (QED) is 0.473. The van der Waals surface area contributed by atoms with E-state index < -0.39 is 0 Å². The summed E-state index contributed by atoms with van der Waals surface area (Å²) in [6.07, 6.45) is 1.85. The first-order valence-corrected chi connectivity index (χ1v) is 9.51. The van der Waals surface area contributed by atoms with Gasteiger partial charge in [-0.3, -0.25) is 4.79 Å². The van der Waals surface area contributed by atoms with Gasteiger partial charge in [0.1, 0.15) is 0 Å². The molecule has 1 aromatic carbocycles. The number of para-hydroxylation sites is 2. The van der Waals surface area contributed by atoms with Gasteiger partial charge < -0.3 is 9.47 Å². The predicted molar refractivity (Wildman–Crippen MR) is 101 cm³/mol.